The van der Waals surface area contributed by atoms with Crippen molar-refractivity contribution in [2.75, 3.05) is 0 Å². The molecule has 1 aliphatic rings. The fourth-order valence-corrected chi connectivity index (χ4v) is 2.18. The maximum atomic E-state index is 14.0. The van der Waals surface area contributed by atoms with Gasteiger partial charge in [-0.05, 0) is 31.9 Å². The summed E-state index contributed by atoms with van der Waals surface area (Å²) in [6.07, 6.45) is 4.18. The van der Waals surface area contributed by atoms with Crippen molar-refractivity contribution in [2.45, 2.75) is 32.4 Å². The summed E-state index contributed by atoms with van der Waals surface area (Å²) in [5, 5.41) is 3.46. The van der Waals surface area contributed by atoms with Gasteiger partial charge in [-0.2, -0.15) is 0 Å². The lowest BCUT2D eigenvalue weighted by atomic mass is 10.2. The third-order valence-corrected chi connectivity index (χ3v) is 3.67. The first-order valence-corrected chi connectivity index (χ1v) is 7.32. The number of nitrogens with one attached hydrogen (secondary N) is 1. The summed E-state index contributed by atoms with van der Waals surface area (Å²) in [5.74, 6) is 0.187. The highest BCUT2D eigenvalue weighted by atomic mass is 35.5. The highest BCUT2D eigenvalue weighted by Crippen LogP contribution is 2.31. The van der Waals surface area contributed by atoms with E-state index in [-0.39, 0.29) is 10.8 Å². The second-order valence-corrected chi connectivity index (χ2v) is 5.65. The van der Waals surface area contributed by atoms with Gasteiger partial charge in [0, 0.05) is 36.1 Å². The van der Waals surface area contributed by atoms with E-state index < -0.39 is 5.82 Å². The Kier molecular flexibility index (Phi) is 4.08. The van der Waals surface area contributed by atoms with E-state index in [0.29, 0.717) is 18.3 Å². The average molecular weight is 307 g/mol. The van der Waals surface area contributed by atoms with Crippen molar-refractivity contribution in [2.24, 2.45) is 0 Å². The van der Waals surface area contributed by atoms with Crippen molar-refractivity contribution in [1.29, 1.82) is 0 Å². The van der Waals surface area contributed by atoms with E-state index >= 15 is 0 Å². The normalized spacial score (nSPS) is 14.2. The lowest BCUT2D eigenvalue weighted by Crippen LogP contribution is -2.16. The smallest absolute Gasteiger partial charge is 0.184 e. The van der Waals surface area contributed by atoms with Gasteiger partial charge < -0.3 is 10.1 Å². The van der Waals surface area contributed by atoms with Crippen LogP contribution in [0.2, 0.25) is 5.02 Å². The fraction of sp³-hybridized carbons (Fsp3) is 0.312. The molecule has 2 aromatic rings. The van der Waals surface area contributed by atoms with E-state index in [1.165, 1.54) is 18.9 Å². The molecule has 3 rings (SSSR count). The Labute approximate surface area is 128 Å². The number of ether oxygens (including phenoxy) is 1. The molecule has 110 valence electrons. The van der Waals surface area contributed by atoms with Gasteiger partial charge in [0.15, 0.2) is 11.6 Å². The molecule has 1 aromatic carbocycles. The van der Waals surface area contributed by atoms with Crippen molar-refractivity contribution < 1.29 is 9.13 Å². The van der Waals surface area contributed by atoms with E-state index in [1.807, 2.05) is 13.0 Å². The Morgan fingerprint density at radius 1 is 1.38 bits per heavy atom. The van der Waals surface area contributed by atoms with Crippen LogP contribution in [0.15, 0.2) is 30.5 Å². The Bertz CT molecular complexity index is 659. The SMILES string of the molecule is Cc1cc(Oc2cccc(Cl)c2F)c(CNC2CC2)cn1. The third kappa shape index (κ3) is 3.52. The number of pyridine rings is 1. The summed E-state index contributed by atoms with van der Waals surface area (Å²) in [6.45, 7) is 2.54. The average Bonchev–Trinajstić information content (AvgIpc) is 3.27. The van der Waals surface area contributed by atoms with Crippen LogP contribution in [0.3, 0.4) is 0 Å². The van der Waals surface area contributed by atoms with Crippen molar-refractivity contribution >= 4 is 11.6 Å². The minimum Gasteiger partial charge on any atom is -0.454 e. The van der Waals surface area contributed by atoms with Gasteiger partial charge >= 0.3 is 0 Å². The molecule has 3 nitrogen and oxygen atoms in total. The lowest BCUT2D eigenvalue weighted by molar-refractivity contribution is 0.434. The number of halogens is 2. The van der Waals surface area contributed by atoms with Gasteiger partial charge in [0.2, 0.25) is 0 Å². The Morgan fingerprint density at radius 3 is 2.95 bits per heavy atom. The van der Waals surface area contributed by atoms with Crippen LogP contribution in [0, 0.1) is 12.7 Å². The zero-order chi connectivity index (χ0) is 14.8. The first-order chi connectivity index (χ1) is 10.1. The second kappa shape index (κ2) is 6.00. The summed E-state index contributed by atoms with van der Waals surface area (Å²) in [7, 11) is 0. The number of hydrogen-bond acceptors (Lipinski definition) is 3. The number of aryl methyl sites for hydroxylation is 1. The maximum Gasteiger partial charge on any atom is 0.184 e. The molecular weight excluding hydrogens is 291 g/mol. The highest BCUT2D eigenvalue weighted by Gasteiger charge is 2.21. The Morgan fingerprint density at radius 2 is 2.19 bits per heavy atom. The van der Waals surface area contributed by atoms with E-state index in [9.17, 15) is 4.39 Å². The molecule has 0 unspecified atom stereocenters. The molecule has 1 N–H and O–H groups in total. The summed E-state index contributed by atoms with van der Waals surface area (Å²) in [6, 6.07) is 7.12. The molecule has 0 amide bonds. The van der Waals surface area contributed by atoms with Gasteiger partial charge in [-0.25, -0.2) is 4.39 Å². The third-order valence-electron chi connectivity index (χ3n) is 3.38. The van der Waals surface area contributed by atoms with Crippen molar-refractivity contribution in [3.63, 3.8) is 0 Å². The fourth-order valence-electron chi connectivity index (χ4n) is 2.01. The van der Waals surface area contributed by atoms with Crippen LogP contribution in [-0.2, 0) is 6.54 Å². The number of aromatic nitrogens is 1. The van der Waals surface area contributed by atoms with Gasteiger partial charge in [0.25, 0.3) is 0 Å². The van der Waals surface area contributed by atoms with Gasteiger partial charge in [-0.15, -0.1) is 0 Å². The Hall–Kier alpha value is -1.65. The standard InChI is InChI=1S/C16H16ClFN2O/c1-10-7-15(11(8-19-10)9-20-12-5-6-12)21-14-4-2-3-13(17)16(14)18/h2-4,7-8,12,20H,5-6,9H2,1H3. The van der Waals surface area contributed by atoms with Crippen LogP contribution in [-0.4, -0.2) is 11.0 Å². The van der Waals surface area contributed by atoms with Crippen LogP contribution < -0.4 is 10.1 Å². The zero-order valence-corrected chi connectivity index (χ0v) is 12.5. The molecule has 21 heavy (non-hydrogen) atoms. The van der Waals surface area contributed by atoms with E-state index in [1.54, 1.807) is 18.3 Å². The molecule has 1 aromatic heterocycles. The molecule has 1 fully saturated rings. The van der Waals surface area contributed by atoms with Crippen LogP contribution in [0.5, 0.6) is 11.5 Å². The molecule has 0 atom stereocenters. The molecule has 1 aliphatic carbocycles. The van der Waals surface area contributed by atoms with E-state index in [0.717, 1.165) is 11.3 Å². The molecule has 0 spiro atoms. The lowest BCUT2D eigenvalue weighted by Gasteiger charge is -2.13. The van der Waals surface area contributed by atoms with Gasteiger partial charge in [-0.1, -0.05) is 17.7 Å². The Balaban J connectivity index is 1.85. The topological polar surface area (TPSA) is 34.1 Å². The second-order valence-electron chi connectivity index (χ2n) is 5.24. The summed E-state index contributed by atoms with van der Waals surface area (Å²) in [4.78, 5) is 4.28. The molecule has 0 radical (unpaired) electrons. The van der Waals surface area contributed by atoms with Crippen LogP contribution in [0.25, 0.3) is 0 Å². The molecule has 0 aliphatic heterocycles. The van der Waals surface area contributed by atoms with Crippen molar-refractivity contribution in [3.05, 3.63) is 52.6 Å². The van der Waals surface area contributed by atoms with Crippen molar-refractivity contribution in [3.8, 4) is 11.5 Å². The summed E-state index contributed by atoms with van der Waals surface area (Å²) >= 11 is 5.78. The molecule has 0 saturated heterocycles. The zero-order valence-electron chi connectivity index (χ0n) is 11.7. The summed E-state index contributed by atoms with van der Waals surface area (Å²) < 4.78 is 19.7. The van der Waals surface area contributed by atoms with Gasteiger partial charge in [-0.3, -0.25) is 4.98 Å². The number of hydrogen-bond donors (Lipinski definition) is 1. The first kappa shape index (κ1) is 14.3. The molecule has 5 heteroatoms. The molecule has 1 heterocycles. The van der Waals surface area contributed by atoms with Crippen LogP contribution in [0.4, 0.5) is 4.39 Å². The summed E-state index contributed by atoms with van der Waals surface area (Å²) in [5.41, 5.74) is 1.73. The maximum absolute atomic E-state index is 14.0. The highest BCUT2D eigenvalue weighted by molar-refractivity contribution is 6.30. The van der Waals surface area contributed by atoms with Crippen LogP contribution in [0.1, 0.15) is 24.1 Å². The number of benzene rings is 1. The first-order valence-electron chi connectivity index (χ1n) is 6.94. The largest absolute Gasteiger partial charge is 0.454 e. The molecule has 0 bridgehead atoms. The predicted octanol–water partition coefficient (Wildman–Crippen LogP) is 4.23. The number of nitrogens with zero attached hydrogens (tertiary/aromatic N) is 1. The van der Waals surface area contributed by atoms with Crippen molar-refractivity contribution in [1.82, 2.24) is 10.3 Å². The van der Waals surface area contributed by atoms with E-state index in [4.69, 9.17) is 16.3 Å². The van der Waals surface area contributed by atoms with Gasteiger partial charge in [0.1, 0.15) is 5.75 Å². The molecule has 1 saturated carbocycles. The minimum absolute atomic E-state index is 0.0518. The molecular formula is C16H16ClFN2O. The van der Waals surface area contributed by atoms with E-state index in [2.05, 4.69) is 10.3 Å². The van der Waals surface area contributed by atoms with Crippen LogP contribution >= 0.6 is 11.6 Å². The quantitative estimate of drug-likeness (QED) is 0.897. The minimum atomic E-state index is -0.547. The van der Waals surface area contributed by atoms with Gasteiger partial charge in [0.05, 0.1) is 5.02 Å². The number of rotatable bonds is 5. The predicted molar refractivity (Wildman–Crippen MR) is 80.3 cm³/mol. The monoisotopic (exact) mass is 306 g/mol.